The van der Waals surface area contributed by atoms with Crippen molar-refractivity contribution in [3.8, 4) is 0 Å². The van der Waals surface area contributed by atoms with Gasteiger partial charge in [0, 0.05) is 0 Å². The molecule has 1 aliphatic carbocycles. The van der Waals surface area contributed by atoms with Crippen molar-refractivity contribution in [1.82, 2.24) is 10.6 Å². The maximum absolute atomic E-state index is 11.3. The van der Waals surface area contributed by atoms with Crippen molar-refractivity contribution in [1.29, 1.82) is 0 Å². The van der Waals surface area contributed by atoms with Gasteiger partial charge in [0.1, 0.15) is 6.04 Å². The van der Waals surface area contributed by atoms with E-state index in [1.54, 1.807) is 6.92 Å². The number of nitrogens with one attached hydrogen (secondary N) is 2. The summed E-state index contributed by atoms with van der Waals surface area (Å²) in [5.74, 6) is -0.503. The van der Waals surface area contributed by atoms with Crippen LogP contribution in [0.3, 0.4) is 0 Å². The highest BCUT2D eigenvalue weighted by Crippen LogP contribution is 2.27. The molecule has 1 fully saturated rings. The summed E-state index contributed by atoms with van der Waals surface area (Å²) in [5.41, 5.74) is 0. The maximum Gasteiger partial charge on any atom is 0.326 e. The van der Waals surface area contributed by atoms with Gasteiger partial charge in [-0.3, -0.25) is 4.79 Å². The van der Waals surface area contributed by atoms with Crippen LogP contribution in [0.15, 0.2) is 0 Å². The van der Waals surface area contributed by atoms with E-state index in [0.29, 0.717) is 6.42 Å². The normalized spacial score (nSPS) is 17.1. The standard InChI is InChI=1S/C10H18N2O3/c1-2-8(10(14)15)12-9(13)6-11-5-7-3-4-7/h7-8,11H,2-6H2,1H3,(H,12,13)(H,14,15)/t8-/m1/s1. The molecule has 0 aromatic heterocycles. The van der Waals surface area contributed by atoms with Gasteiger partial charge in [-0.15, -0.1) is 0 Å². The van der Waals surface area contributed by atoms with Crippen LogP contribution in [0.25, 0.3) is 0 Å². The van der Waals surface area contributed by atoms with Gasteiger partial charge in [-0.2, -0.15) is 0 Å². The first-order valence-electron chi connectivity index (χ1n) is 5.36. The van der Waals surface area contributed by atoms with E-state index in [-0.39, 0.29) is 12.5 Å². The number of amides is 1. The molecule has 1 aliphatic rings. The Labute approximate surface area is 89.2 Å². The Hall–Kier alpha value is -1.10. The van der Waals surface area contributed by atoms with Crippen molar-refractivity contribution in [3.63, 3.8) is 0 Å². The molecule has 86 valence electrons. The van der Waals surface area contributed by atoms with Gasteiger partial charge in [0.05, 0.1) is 6.54 Å². The van der Waals surface area contributed by atoms with E-state index in [2.05, 4.69) is 10.6 Å². The summed E-state index contributed by atoms with van der Waals surface area (Å²) in [5, 5.41) is 14.2. The highest BCUT2D eigenvalue weighted by atomic mass is 16.4. The van der Waals surface area contributed by atoms with E-state index in [9.17, 15) is 9.59 Å². The predicted molar refractivity (Wildman–Crippen MR) is 55.5 cm³/mol. The Bertz CT molecular complexity index is 239. The molecule has 1 amide bonds. The molecule has 0 aromatic rings. The van der Waals surface area contributed by atoms with Crippen molar-refractivity contribution < 1.29 is 14.7 Å². The minimum atomic E-state index is -0.979. The number of aliphatic carboxylic acids is 1. The summed E-state index contributed by atoms with van der Waals surface area (Å²) in [6.07, 6.45) is 2.88. The quantitative estimate of drug-likeness (QED) is 0.556. The third-order valence-corrected chi connectivity index (χ3v) is 2.46. The van der Waals surface area contributed by atoms with Crippen molar-refractivity contribution in [2.45, 2.75) is 32.2 Å². The first-order valence-corrected chi connectivity index (χ1v) is 5.36. The number of carboxylic acids is 1. The number of carbonyl (C=O) groups is 2. The van der Waals surface area contributed by atoms with Crippen LogP contribution in [0.5, 0.6) is 0 Å². The van der Waals surface area contributed by atoms with E-state index >= 15 is 0 Å². The van der Waals surface area contributed by atoms with Crippen LogP contribution in [-0.4, -0.2) is 36.1 Å². The van der Waals surface area contributed by atoms with Gasteiger partial charge in [0.25, 0.3) is 0 Å². The Balaban J connectivity index is 2.12. The second-order valence-electron chi connectivity index (χ2n) is 3.94. The zero-order chi connectivity index (χ0) is 11.3. The van der Waals surface area contributed by atoms with Gasteiger partial charge in [-0.1, -0.05) is 6.92 Å². The molecule has 3 N–H and O–H groups in total. The summed E-state index contributed by atoms with van der Waals surface area (Å²) < 4.78 is 0. The Morgan fingerprint density at radius 1 is 1.47 bits per heavy atom. The molecular formula is C10H18N2O3. The molecule has 0 unspecified atom stereocenters. The highest BCUT2D eigenvalue weighted by molar-refractivity contribution is 5.84. The molecule has 5 nitrogen and oxygen atoms in total. The van der Waals surface area contributed by atoms with Crippen molar-refractivity contribution in [2.75, 3.05) is 13.1 Å². The second-order valence-corrected chi connectivity index (χ2v) is 3.94. The molecule has 1 rings (SSSR count). The third kappa shape index (κ3) is 4.78. The topological polar surface area (TPSA) is 78.4 Å². The lowest BCUT2D eigenvalue weighted by Gasteiger charge is -2.12. The number of hydrogen-bond acceptors (Lipinski definition) is 3. The number of rotatable bonds is 7. The first-order chi connectivity index (χ1) is 7.13. The van der Waals surface area contributed by atoms with Crippen LogP contribution >= 0.6 is 0 Å². The fourth-order valence-corrected chi connectivity index (χ4v) is 1.30. The number of carbonyl (C=O) groups excluding carboxylic acids is 1. The first kappa shape index (κ1) is 12.0. The zero-order valence-electron chi connectivity index (χ0n) is 8.95. The fraction of sp³-hybridized carbons (Fsp3) is 0.800. The van der Waals surface area contributed by atoms with E-state index in [1.165, 1.54) is 12.8 Å². The van der Waals surface area contributed by atoms with Gasteiger partial charge in [0.2, 0.25) is 5.91 Å². The molecule has 0 aliphatic heterocycles. The van der Waals surface area contributed by atoms with Gasteiger partial charge in [-0.05, 0) is 31.7 Å². The minimum Gasteiger partial charge on any atom is -0.480 e. The molecule has 1 atom stereocenters. The van der Waals surface area contributed by atoms with Crippen LogP contribution in [-0.2, 0) is 9.59 Å². The lowest BCUT2D eigenvalue weighted by Crippen LogP contribution is -2.44. The SMILES string of the molecule is CC[C@@H](NC(=O)CNCC1CC1)C(=O)O. The van der Waals surface area contributed by atoms with Gasteiger partial charge in [0.15, 0.2) is 0 Å². The lowest BCUT2D eigenvalue weighted by atomic mass is 10.2. The molecule has 1 saturated carbocycles. The monoisotopic (exact) mass is 214 g/mol. The van der Waals surface area contributed by atoms with Gasteiger partial charge >= 0.3 is 5.97 Å². The second kappa shape index (κ2) is 5.70. The molecule has 15 heavy (non-hydrogen) atoms. The Kier molecular flexibility index (Phi) is 4.55. The zero-order valence-corrected chi connectivity index (χ0v) is 8.95. The Morgan fingerprint density at radius 3 is 2.60 bits per heavy atom. The summed E-state index contributed by atoms with van der Waals surface area (Å²) in [4.78, 5) is 21.9. The Morgan fingerprint density at radius 2 is 2.13 bits per heavy atom. The molecule has 0 radical (unpaired) electrons. The minimum absolute atomic E-state index is 0.209. The summed E-state index contributed by atoms with van der Waals surface area (Å²) in [6.45, 7) is 2.80. The summed E-state index contributed by atoms with van der Waals surface area (Å²) in [7, 11) is 0. The van der Waals surface area contributed by atoms with Crippen LogP contribution < -0.4 is 10.6 Å². The molecule has 0 saturated heterocycles. The fourth-order valence-electron chi connectivity index (χ4n) is 1.30. The molecule has 0 bridgehead atoms. The smallest absolute Gasteiger partial charge is 0.326 e. The molecule has 0 aromatic carbocycles. The van der Waals surface area contributed by atoms with Crippen LogP contribution in [0.1, 0.15) is 26.2 Å². The summed E-state index contributed by atoms with van der Waals surface area (Å²) >= 11 is 0. The van der Waals surface area contributed by atoms with Gasteiger partial charge < -0.3 is 15.7 Å². The van der Waals surface area contributed by atoms with Crippen molar-refractivity contribution in [2.24, 2.45) is 5.92 Å². The van der Waals surface area contributed by atoms with E-state index < -0.39 is 12.0 Å². The largest absolute Gasteiger partial charge is 0.480 e. The van der Waals surface area contributed by atoms with Crippen molar-refractivity contribution >= 4 is 11.9 Å². The average molecular weight is 214 g/mol. The van der Waals surface area contributed by atoms with Crippen LogP contribution in [0, 0.1) is 5.92 Å². The van der Waals surface area contributed by atoms with Crippen LogP contribution in [0.2, 0.25) is 0 Å². The maximum atomic E-state index is 11.3. The van der Waals surface area contributed by atoms with Gasteiger partial charge in [-0.25, -0.2) is 4.79 Å². The number of carboxylic acid groups (broad SMARTS) is 1. The summed E-state index contributed by atoms with van der Waals surface area (Å²) in [6, 6.07) is -0.764. The molecule has 0 spiro atoms. The lowest BCUT2D eigenvalue weighted by molar-refractivity contribution is -0.141. The highest BCUT2D eigenvalue weighted by Gasteiger charge is 2.21. The van der Waals surface area contributed by atoms with E-state index in [4.69, 9.17) is 5.11 Å². The van der Waals surface area contributed by atoms with E-state index in [0.717, 1.165) is 12.5 Å². The molecule has 5 heteroatoms. The number of hydrogen-bond donors (Lipinski definition) is 3. The van der Waals surface area contributed by atoms with E-state index in [1.807, 2.05) is 0 Å². The third-order valence-electron chi connectivity index (χ3n) is 2.46. The molecule has 0 heterocycles. The van der Waals surface area contributed by atoms with Crippen LogP contribution in [0.4, 0.5) is 0 Å². The van der Waals surface area contributed by atoms with Crippen molar-refractivity contribution in [3.05, 3.63) is 0 Å². The molecular weight excluding hydrogens is 196 g/mol. The average Bonchev–Trinajstić information content (AvgIpc) is 2.97. The predicted octanol–water partition coefficient (Wildman–Crippen LogP) is -0.0346.